The third kappa shape index (κ3) is 5.74. The Morgan fingerprint density at radius 2 is 1.79 bits per heavy atom. The molecule has 0 aliphatic carbocycles. The fraction of sp³-hybridized carbons (Fsp3) is 0.0345. The van der Waals surface area contributed by atoms with Crippen molar-refractivity contribution in [1.29, 1.82) is 0 Å². The summed E-state index contributed by atoms with van der Waals surface area (Å²) in [6.07, 6.45) is -0.786. The van der Waals surface area contributed by atoms with Gasteiger partial charge < -0.3 is 10.1 Å². The van der Waals surface area contributed by atoms with E-state index < -0.39 is 17.6 Å². The number of aromatic nitrogens is 3. The molecular formula is C29H18F4N4O2. The topological polar surface area (TPSA) is 77.0 Å². The minimum atomic E-state index is -4.55. The molecule has 0 aliphatic rings. The Balaban J connectivity index is 1.38. The summed E-state index contributed by atoms with van der Waals surface area (Å²) in [5.41, 5.74) is 1.78. The smallest absolute Gasteiger partial charge is 0.416 e. The van der Waals surface area contributed by atoms with Crippen LogP contribution in [0.1, 0.15) is 5.56 Å². The Bertz CT molecular complexity index is 1720. The van der Waals surface area contributed by atoms with E-state index in [4.69, 9.17) is 4.74 Å². The first-order valence-corrected chi connectivity index (χ1v) is 11.5. The van der Waals surface area contributed by atoms with Crippen LogP contribution in [0.2, 0.25) is 0 Å². The van der Waals surface area contributed by atoms with Gasteiger partial charge in [-0.25, -0.2) is 19.3 Å². The molecule has 194 valence electrons. The number of amides is 1. The number of nitrogens with zero attached hydrogens (tertiary/aromatic N) is 3. The predicted octanol–water partition coefficient (Wildman–Crippen LogP) is 7.43. The Morgan fingerprint density at radius 3 is 2.56 bits per heavy atom. The first kappa shape index (κ1) is 25.5. The number of ether oxygens (including phenoxy) is 1. The molecule has 1 N–H and O–H groups in total. The number of halogens is 4. The van der Waals surface area contributed by atoms with Crippen LogP contribution in [0.4, 0.5) is 23.2 Å². The molecule has 0 saturated heterocycles. The van der Waals surface area contributed by atoms with Crippen LogP contribution in [-0.2, 0) is 11.0 Å². The van der Waals surface area contributed by atoms with Crippen molar-refractivity contribution in [2.75, 3.05) is 5.32 Å². The lowest BCUT2D eigenvalue weighted by molar-refractivity contribution is -0.137. The number of carbonyl (C=O) groups is 1. The van der Waals surface area contributed by atoms with Gasteiger partial charge in [-0.3, -0.25) is 4.79 Å². The SMILES string of the molecule is C=CC(=O)Nc1cccc(-c2ncc3cc(-c4ccc(Oc5cc(C(F)(F)F)ccn5)cc4F)ccc3n2)c1. The van der Waals surface area contributed by atoms with Gasteiger partial charge in [0.1, 0.15) is 11.6 Å². The van der Waals surface area contributed by atoms with E-state index in [9.17, 15) is 22.4 Å². The zero-order valence-electron chi connectivity index (χ0n) is 20.0. The Labute approximate surface area is 219 Å². The molecule has 0 saturated carbocycles. The average molecular weight is 530 g/mol. The van der Waals surface area contributed by atoms with Crippen LogP contribution in [0, 0.1) is 5.82 Å². The van der Waals surface area contributed by atoms with Crippen LogP contribution in [0.3, 0.4) is 0 Å². The minimum absolute atomic E-state index is 0.00310. The van der Waals surface area contributed by atoms with E-state index in [2.05, 4.69) is 26.8 Å². The van der Waals surface area contributed by atoms with Crippen molar-refractivity contribution in [3.8, 4) is 34.1 Å². The summed E-state index contributed by atoms with van der Waals surface area (Å²) < 4.78 is 59.1. The number of nitrogens with one attached hydrogen (secondary N) is 1. The number of carbonyl (C=O) groups excluding carboxylic acids is 1. The average Bonchev–Trinajstić information content (AvgIpc) is 2.92. The van der Waals surface area contributed by atoms with E-state index in [1.807, 2.05) is 6.07 Å². The second kappa shape index (κ2) is 10.3. The van der Waals surface area contributed by atoms with Gasteiger partial charge in [0.25, 0.3) is 0 Å². The molecule has 10 heteroatoms. The van der Waals surface area contributed by atoms with Gasteiger partial charge in [0, 0.05) is 46.7 Å². The van der Waals surface area contributed by atoms with Gasteiger partial charge >= 0.3 is 6.18 Å². The molecule has 0 spiro atoms. The summed E-state index contributed by atoms with van der Waals surface area (Å²) in [6.45, 7) is 3.43. The molecule has 0 radical (unpaired) electrons. The summed E-state index contributed by atoms with van der Waals surface area (Å²) in [7, 11) is 0. The lowest BCUT2D eigenvalue weighted by atomic mass is 10.0. The van der Waals surface area contributed by atoms with E-state index in [0.29, 0.717) is 33.5 Å². The highest BCUT2D eigenvalue weighted by molar-refractivity contribution is 5.99. The van der Waals surface area contributed by atoms with E-state index in [-0.39, 0.29) is 23.1 Å². The van der Waals surface area contributed by atoms with Crippen LogP contribution in [0.25, 0.3) is 33.4 Å². The molecule has 6 nitrogen and oxygen atoms in total. The summed E-state index contributed by atoms with van der Waals surface area (Å²) in [6, 6.07) is 17.8. The first-order chi connectivity index (χ1) is 18.7. The molecule has 0 unspecified atom stereocenters. The van der Waals surface area contributed by atoms with Crippen molar-refractivity contribution in [1.82, 2.24) is 15.0 Å². The normalized spacial score (nSPS) is 11.3. The Hall–Kier alpha value is -5.12. The van der Waals surface area contributed by atoms with E-state index in [0.717, 1.165) is 24.4 Å². The van der Waals surface area contributed by atoms with Gasteiger partial charge in [0.05, 0.1) is 11.1 Å². The molecule has 0 aliphatic heterocycles. The monoisotopic (exact) mass is 530 g/mol. The van der Waals surface area contributed by atoms with Crippen molar-refractivity contribution >= 4 is 22.5 Å². The molecule has 1 amide bonds. The largest absolute Gasteiger partial charge is 0.439 e. The summed E-state index contributed by atoms with van der Waals surface area (Å²) in [4.78, 5) is 24.3. The van der Waals surface area contributed by atoms with Gasteiger partial charge in [0.2, 0.25) is 11.8 Å². The molecule has 3 aromatic carbocycles. The summed E-state index contributed by atoms with van der Waals surface area (Å²) in [5, 5.41) is 3.36. The molecule has 0 fully saturated rings. The highest BCUT2D eigenvalue weighted by atomic mass is 19.4. The molecule has 39 heavy (non-hydrogen) atoms. The van der Waals surface area contributed by atoms with Crippen molar-refractivity contribution in [3.63, 3.8) is 0 Å². The molecule has 0 bridgehead atoms. The molecule has 5 aromatic rings. The number of anilines is 1. The number of pyridine rings is 1. The quantitative estimate of drug-likeness (QED) is 0.182. The van der Waals surface area contributed by atoms with Gasteiger partial charge in [-0.05, 0) is 54.1 Å². The predicted molar refractivity (Wildman–Crippen MR) is 139 cm³/mol. The lowest BCUT2D eigenvalue weighted by Crippen LogP contribution is -2.07. The van der Waals surface area contributed by atoms with Crippen LogP contribution in [-0.4, -0.2) is 20.9 Å². The number of alkyl halides is 3. The number of benzene rings is 3. The Morgan fingerprint density at radius 1 is 0.949 bits per heavy atom. The second-order valence-electron chi connectivity index (χ2n) is 8.37. The summed E-state index contributed by atoms with van der Waals surface area (Å²) >= 11 is 0. The Kier molecular flexibility index (Phi) is 6.76. The van der Waals surface area contributed by atoms with Crippen molar-refractivity contribution in [3.05, 3.63) is 109 Å². The second-order valence-corrected chi connectivity index (χ2v) is 8.37. The maximum Gasteiger partial charge on any atom is 0.416 e. The van der Waals surface area contributed by atoms with Crippen molar-refractivity contribution < 1.29 is 27.1 Å². The van der Waals surface area contributed by atoms with E-state index in [1.165, 1.54) is 18.2 Å². The minimum Gasteiger partial charge on any atom is -0.439 e. The van der Waals surface area contributed by atoms with E-state index >= 15 is 0 Å². The van der Waals surface area contributed by atoms with Crippen LogP contribution in [0.15, 0.2) is 97.8 Å². The zero-order valence-corrected chi connectivity index (χ0v) is 20.0. The van der Waals surface area contributed by atoms with Crippen molar-refractivity contribution in [2.24, 2.45) is 0 Å². The van der Waals surface area contributed by atoms with E-state index in [1.54, 1.807) is 42.6 Å². The fourth-order valence-corrected chi connectivity index (χ4v) is 3.83. The van der Waals surface area contributed by atoms with Crippen molar-refractivity contribution in [2.45, 2.75) is 6.18 Å². The maximum atomic E-state index is 15.0. The standard InChI is InChI=1S/C29H18F4N4O2/c1-2-26(38)36-21-5-3-4-18(13-21)28-35-16-19-12-17(6-9-25(19)37-28)23-8-7-22(15-24(23)30)39-27-14-20(10-11-34-27)29(31,32)33/h2-16H,1H2,(H,36,38). The van der Waals surface area contributed by atoms with Crippen LogP contribution in [0.5, 0.6) is 11.6 Å². The molecule has 0 atom stereocenters. The summed E-state index contributed by atoms with van der Waals surface area (Å²) in [5.74, 6) is -0.818. The number of hydrogen-bond donors (Lipinski definition) is 1. The maximum absolute atomic E-state index is 15.0. The molecule has 2 aromatic heterocycles. The number of fused-ring (bicyclic) bond motifs is 1. The van der Waals surface area contributed by atoms with Crippen LogP contribution < -0.4 is 10.1 Å². The molecule has 5 rings (SSSR count). The number of hydrogen-bond acceptors (Lipinski definition) is 5. The van der Waals surface area contributed by atoms with Gasteiger partial charge in [0.15, 0.2) is 5.82 Å². The fourth-order valence-electron chi connectivity index (χ4n) is 3.83. The highest BCUT2D eigenvalue weighted by Crippen LogP contribution is 2.33. The highest BCUT2D eigenvalue weighted by Gasteiger charge is 2.31. The lowest BCUT2D eigenvalue weighted by Gasteiger charge is -2.11. The molecular weight excluding hydrogens is 512 g/mol. The van der Waals surface area contributed by atoms with Crippen LogP contribution >= 0.6 is 0 Å². The van der Waals surface area contributed by atoms with Gasteiger partial charge in [-0.15, -0.1) is 0 Å². The van der Waals surface area contributed by atoms with Gasteiger partial charge in [-0.1, -0.05) is 24.8 Å². The third-order valence-electron chi connectivity index (χ3n) is 5.69. The van der Waals surface area contributed by atoms with Gasteiger partial charge in [-0.2, -0.15) is 13.2 Å². The molecule has 2 heterocycles. The first-order valence-electron chi connectivity index (χ1n) is 11.5. The number of rotatable bonds is 6. The zero-order chi connectivity index (χ0) is 27.6. The third-order valence-corrected chi connectivity index (χ3v) is 5.69.